The van der Waals surface area contributed by atoms with Gasteiger partial charge in [-0.15, -0.1) is 11.3 Å². The molecule has 26 heavy (non-hydrogen) atoms. The maximum absolute atomic E-state index is 12.9. The SMILES string of the molecule is CCOC(=O)C=CC12CCCCC(CC1)C2NS(=O)(=O)c1ccc(Cl)s1. The van der Waals surface area contributed by atoms with Gasteiger partial charge in [-0.05, 0) is 50.7 Å². The Morgan fingerprint density at radius 3 is 2.88 bits per heavy atom. The number of carbonyl (C=O) groups is 1. The third-order valence-corrected chi connectivity index (χ3v) is 8.64. The van der Waals surface area contributed by atoms with Gasteiger partial charge in [0, 0.05) is 17.5 Å². The van der Waals surface area contributed by atoms with Crippen molar-refractivity contribution in [3.05, 3.63) is 28.6 Å². The minimum Gasteiger partial charge on any atom is -0.463 e. The zero-order chi connectivity index (χ0) is 18.8. The summed E-state index contributed by atoms with van der Waals surface area (Å²) in [6, 6.07) is 2.93. The number of rotatable bonds is 6. The van der Waals surface area contributed by atoms with E-state index in [9.17, 15) is 13.2 Å². The van der Waals surface area contributed by atoms with Crippen LogP contribution < -0.4 is 4.72 Å². The maximum Gasteiger partial charge on any atom is 0.330 e. The van der Waals surface area contributed by atoms with E-state index in [0.717, 1.165) is 49.9 Å². The van der Waals surface area contributed by atoms with E-state index in [0.29, 0.717) is 10.9 Å². The molecule has 0 amide bonds. The summed E-state index contributed by atoms with van der Waals surface area (Å²) in [5.74, 6) is -0.0872. The molecule has 0 aliphatic heterocycles. The molecule has 1 aromatic heterocycles. The van der Waals surface area contributed by atoms with Gasteiger partial charge in [0.15, 0.2) is 0 Å². The van der Waals surface area contributed by atoms with Crippen LogP contribution in [0.25, 0.3) is 0 Å². The molecule has 2 bridgehead atoms. The molecule has 2 saturated carbocycles. The second-order valence-corrected chi connectivity index (χ2v) is 10.7. The molecule has 1 aromatic rings. The van der Waals surface area contributed by atoms with Crippen LogP contribution in [0.4, 0.5) is 0 Å². The first-order valence-electron chi connectivity index (χ1n) is 9.00. The van der Waals surface area contributed by atoms with Crippen molar-refractivity contribution in [1.82, 2.24) is 4.72 Å². The number of thiophene rings is 1. The Labute approximate surface area is 163 Å². The number of esters is 1. The minimum atomic E-state index is -3.63. The molecule has 3 atom stereocenters. The molecule has 0 aromatic carbocycles. The Kier molecular flexibility index (Phi) is 6.11. The summed E-state index contributed by atoms with van der Waals surface area (Å²) in [6.07, 6.45) is 9.21. The summed E-state index contributed by atoms with van der Waals surface area (Å²) in [6.45, 7) is 2.10. The highest BCUT2D eigenvalue weighted by molar-refractivity contribution is 7.91. The van der Waals surface area contributed by atoms with Crippen molar-refractivity contribution < 1.29 is 17.9 Å². The number of fused-ring (bicyclic) bond motifs is 2. The molecule has 2 fully saturated rings. The monoisotopic (exact) mass is 417 g/mol. The molecule has 1 N–H and O–H groups in total. The quantitative estimate of drug-likeness (QED) is 0.557. The first-order chi connectivity index (χ1) is 12.4. The van der Waals surface area contributed by atoms with Crippen LogP contribution in [0, 0.1) is 11.3 Å². The van der Waals surface area contributed by atoms with Crippen LogP contribution in [0.5, 0.6) is 0 Å². The first kappa shape index (κ1) is 19.9. The van der Waals surface area contributed by atoms with Crippen LogP contribution in [-0.4, -0.2) is 27.0 Å². The Bertz CT molecular complexity index is 789. The average molecular weight is 418 g/mol. The molecular formula is C18H24ClNO4S2. The molecule has 2 aliphatic rings. The smallest absolute Gasteiger partial charge is 0.330 e. The van der Waals surface area contributed by atoms with E-state index in [1.54, 1.807) is 13.0 Å². The van der Waals surface area contributed by atoms with Gasteiger partial charge in [0.05, 0.1) is 10.9 Å². The number of hydrogen-bond donors (Lipinski definition) is 1. The van der Waals surface area contributed by atoms with Crippen molar-refractivity contribution in [2.24, 2.45) is 11.3 Å². The fraction of sp³-hybridized carbons (Fsp3) is 0.611. The van der Waals surface area contributed by atoms with E-state index in [1.807, 2.05) is 6.08 Å². The Morgan fingerprint density at radius 2 is 2.19 bits per heavy atom. The first-order valence-corrected chi connectivity index (χ1v) is 11.7. The van der Waals surface area contributed by atoms with Gasteiger partial charge in [0.2, 0.25) is 10.0 Å². The number of ether oxygens (including phenoxy) is 1. The van der Waals surface area contributed by atoms with Crippen molar-refractivity contribution >= 4 is 38.9 Å². The van der Waals surface area contributed by atoms with E-state index in [4.69, 9.17) is 16.3 Å². The number of hydrogen-bond acceptors (Lipinski definition) is 5. The van der Waals surface area contributed by atoms with Crippen LogP contribution in [0.1, 0.15) is 45.4 Å². The standard InChI is InChI=1S/C18H24ClNO4S2/c1-2-24-15(21)9-12-18-10-4-3-5-13(8-11-18)17(18)20-26(22,23)16-7-6-14(19)25-16/h6-7,9,12-13,17,20H,2-5,8,10-11H2,1H3. The molecule has 3 rings (SSSR count). The molecule has 0 saturated heterocycles. The highest BCUT2D eigenvalue weighted by Crippen LogP contribution is 2.51. The minimum absolute atomic E-state index is 0.207. The predicted molar refractivity (Wildman–Crippen MR) is 103 cm³/mol. The molecule has 5 nitrogen and oxygen atoms in total. The van der Waals surface area contributed by atoms with E-state index >= 15 is 0 Å². The van der Waals surface area contributed by atoms with Crippen molar-refractivity contribution in [3.63, 3.8) is 0 Å². The lowest BCUT2D eigenvalue weighted by molar-refractivity contribution is -0.137. The average Bonchev–Trinajstić information content (AvgIpc) is 3.09. The van der Waals surface area contributed by atoms with Crippen LogP contribution in [-0.2, 0) is 19.6 Å². The summed E-state index contributed by atoms with van der Waals surface area (Å²) in [7, 11) is -3.63. The van der Waals surface area contributed by atoms with Gasteiger partial charge in [-0.25, -0.2) is 17.9 Å². The lowest BCUT2D eigenvalue weighted by Crippen LogP contribution is -2.46. The Morgan fingerprint density at radius 1 is 1.38 bits per heavy atom. The number of nitrogens with one attached hydrogen (secondary N) is 1. The summed E-state index contributed by atoms with van der Waals surface area (Å²) >= 11 is 6.97. The molecule has 144 valence electrons. The van der Waals surface area contributed by atoms with Crippen molar-refractivity contribution in [1.29, 1.82) is 0 Å². The lowest BCUT2D eigenvalue weighted by Gasteiger charge is -2.33. The van der Waals surface area contributed by atoms with Gasteiger partial charge in [-0.2, -0.15) is 0 Å². The zero-order valence-corrected chi connectivity index (χ0v) is 17.1. The third kappa shape index (κ3) is 4.16. The number of carbonyl (C=O) groups excluding carboxylic acids is 1. The van der Waals surface area contributed by atoms with E-state index in [2.05, 4.69) is 4.72 Å². The maximum atomic E-state index is 12.9. The Hall–Kier alpha value is -0.890. The third-order valence-electron chi connectivity index (χ3n) is 5.47. The van der Waals surface area contributed by atoms with E-state index < -0.39 is 10.0 Å². The van der Waals surface area contributed by atoms with Crippen LogP contribution in [0.15, 0.2) is 28.5 Å². The van der Waals surface area contributed by atoms with Gasteiger partial charge in [-0.3, -0.25) is 0 Å². The van der Waals surface area contributed by atoms with E-state index in [1.165, 1.54) is 12.1 Å². The Balaban J connectivity index is 1.88. The summed E-state index contributed by atoms with van der Waals surface area (Å²) in [4.78, 5) is 11.8. The van der Waals surface area contributed by atoms with Gasteiger partial charge < -0.3 is 4.74 Å². The van der Waals surface area contributed by atoms with Crippen LogP contribution in [0.2, 0.25) is 4.34 Å². The molecule has 0 spiro atoms. The summed E-state index contributed by atoms with van der Waals surface area (Å²) in [5.41, 5.74) is -0.331. The summed E-state index contributed by atoms with van der Waals surface area (Å²) in [5, 5.41) is 0. The molecule has 0 radical (unpaired) electrons. The molecule has 3 unspecified atom stereocenters. The fourth-order valence-electron chi connectivity index (χ4n) is 4.27. The van der Waals surface area contributed by atoms with Gasteiger partial charge in [0.1, 0.15) is 4.21 Å². The van der Waals surface area contributed by atoms with Crippen molar-refractivity contribution in [2.45, 2.75) is 55.7 Å². The molecule has 2 aliphatic carbocycles. The fourth-order valence-corrected chi connectivity index (χ4v) is 7.16. The highest BCUT2D eigenvalue weighted by Gasteiger charge is 2.49. The number of sulfonamides is 1. The van der Waals surface area contributed by atoms with Gasteiger partial charge >= 0.3 is 5.97 Å². The lowest BCUT2D eigenvalue weighted by atomic mass is 9.78. The second-order valence-electron chi connectivity index (χ2n) is 7.02. The van der Waals surface area contributed by atoms with Crippen LogP contribution >= 0.6 is 22.9 Å². The van der Waals surface area contributed by atoms with Crippen molar-refractivity contribution in [2.75, 3.05) is 6.61 Å². The summed E-state index contributed by atoms with van der Waals surface area (Å²) < 4.78 is 34.3. The zero-order valence-electron chi connectivity index (χ0n) is 14.7. The van der Waals surface area contributed by atoms with Gasteiger partial charge in [-0.1, -0.05) is 30.5 Å². The van der Waals surface area contributed by atoms with Gasteiger partial charge in [0.25, 0.3) is 0 Å². The van der Waals surface area contributed by atoms with Crippen molar-refractivity contribution in [3.8, 4) is 0 Å². The largest absolute Gasteiger partial charge is 0.463 e. The molecule has 1 heterocycles. The molecule has 8 heteroatoms. The molecular weight excluding hydrogens is 394 g/mol. The topological polar surface area (TPSA) is 72.5 Å². The van der Waals surface area contributed by atoms with E-state index in [-0.39, 0.29) is 27.6 Å². The van der Waals surface area contributed by atoms with Crippen LogP contribution in [0.3, 0.4) is 0 Å². The predicted octanol–water partition coefficient (Wildman–Crippen LogP) is 4.14. The normalized spacial score (nSPS) is 29.0. The second kappa shape index (κ2) is 8.00. The highest BCUT2D eigenvalue weighted by atomic mass is 35.5. The number of halogens is 1.